The van der Waals surface area contributed by atoms with Crippen molar-refractivity contribution in [2.45, 2.75) is 19.4 Å². The Balaban J connectivity index is 1.79. The summed E-state index contributed by atoms with van der Waals surface area (Å²) in [6.45, 7) is 1.82. The van der Waals surface area contributed by atoms with Crippen molar-refractivity contribution in [3.63, 3.8) is 0 Å². The lowest BCUT2D eigenvalue weighted by Crippen LogP contribution is -2.30. The number of nitrogens with one attached hydrogen (secondary N) is 2. The van der Waals surface area contributed by atoms with Crippen molar-refractivity contribution in [3.8, 4) is 5.69 Å². The Kier molecular flexibility index (Phi) is 5.33. The predicted octanol–water partition coefficient (Wildman–Crippen LogP) is 4.13. The Morgan fingerprint density at radius 1 is 1.15 bits per heavy atom. The first-order valence-electron chi connectivity index (χ1n) is 10.3. The molecule has 0 aliphatic carbocycles. The van der Waals surface area contributed by atoms with Crippen molar-refractivity contribution >= 4 is 45.4 Å². The maximum atomic E-state index is 14.9. The molecule has 0 saturated carbocycles. The van der Waals surface area contributed by atoms with Crippen LogP contribution in [0, 0.1) is 11.6 Å². The molecule has 3 heterocycles. The minimum absolute atomic E-state index is 0.0206. The van der Waals surface area contributed by atoms with Crippen LogP contribution in [0.3, 0.4) is 0 Å². The first kappa shape index (κ1) is 21.7. The molecule has 1 atom stereocenters. The highest BCUT2D eigenvalue weighted by atomic mass is 35.5. The van der Waals surface area contributed by atoms with E-state index in [4.69, 9.17) is 17.3 Å². The monoisotopic (exact) mass is 482 g/mol. The van der Waals surface area contributed by atoms with Crippen LogP contribution in [0.4, 0.5) is 20.5 Å². The molecule has 5 rings (SSSR count). The summed E-state index contributed by atoms with van der Waals surface area (Å²) in [5.74, 6) is -1.50. The van der Waals surface area contributed by atoms with Gasteiger partial charge in [-0.15, -0.1) is 0 Å². The second-order valence-corrected chi connectivity index (χ2v) is 7.86. The molecule has 0 bridgehead atoms. The largest absolute Gasteiger partial charge is 0.368 e. The number of aromatic amines is 1. The SMILES string of the molecule is CC[C@H](Nc1nc(N)nc2nc[nH]c12)c1nc2cccc(Cl)c2c(=O)n1-c1c(F)cccc1F. The van der Waals surface area contributed by atoms with Crippen molar-refractivity contribution in [1.82, 2.24) is 29.5 Å². The number of H-pyrrole nitrogens is 1. The van der Waals surface area contributed by atoms with Crippen LogP contribution in [-0.4, -0.2) is 29.5 Å². The summed E-state index contributed by atoms with van der Waals surface area (Å²) in [7, 11) is 0. The van der Waals surface area contributed by atoms with Crippen molar-refractivity contribution in [3.05, 3.63) is 75.6 Å². The lowest BCUT2D eigenvalue weighted by Gasteiger charge is -2.23. The zero-order valence-corrected chi connectivity index (χ0v) is 18.4. The van der Waals surface area contributed by atoms with Gasteiger partial charge in [-0.2, -0.15) is 9.97 Å². The topological polar surface area (TPSA) is 127 Å². The van der Waals surface area contributed by atoms with E-state index in [2.05, 4.69) is 30.2 Å². The average Bonchev–Trinajstić information content (AvgIpc) is 3.27. The van der Waals surface area contributed by atoms with Crippen LogP contribution in [0.15, 0.2) is 47.5 Å². The van der Waals surface area contributed by atoms with Gasteiger partial charge < -0.3 is 16.0 Å². The first-order valence-corrected chi connectivity index (χ1v) is 10.7. The van der Waals surface area contributed by atoms with Crippen molar-refractivity contribution in [2.75, 3.05) is 11.1 Å². The summed E-state index contributed by atoms with van der Waals surface area (Å²) in [6, 6.07) is 7.41. The van der Waals surface area contributed by atoms with Gasteiger partial charge in [-0.05, 0) is 30.7 Å². The highest BCUT2D eigenvalue weighted by Crippen LogP contribution is 2.29. The Bertz CT molecular complexity index is 1600. The zero-order chi connectivity index (χ0) is 24.0. The number of rotatable bonds is 5. The van der Waals surface area contributed by atoms with Gasteiger partial charge in [-0.3, -0.25) is 9.36 Å². The van der Waals surface area contributed by atoms with Crippen LogP contribution in [0.25, 0.3) is 27.8 Å². The number of anilines is 2. The Hall–Kier alpha value is -4.12. The van der Waals surface area contributed by atoms with Gasteiger partial charge in [-0.1, -0.05) is 30.7 Å². The summed E-state index contributed by atoms with van der Waals surface area (Å²) < 4.78 is 30.7. The standard InChI is InChI=1S/C22H17ClF2N8O/c1-2-13(29-19-16-18(28-9-27-16)31-22(26)32-19)20-30-14-8-3-5-10(23)15(14)21(34)33(20)17-11(24)6-4-7-12(17)25/h3-9,13H,2H2,1H3,(H4,26,27,28,29,31,32)/t13-/m0/s1. The highest BCUT2D eigenvalue weighted by molar-refractivity contribution is 6.35. The van der Waals surface area contributed by atoms with Crippen LogP contribution in [0.5, 0.6) is 0 Å². The lowest BCUT2D eigenvalue weighted by molar-refractivity contribution is 0.553. The molecule has 0 radical (unpaired) electrons. The van der Waals surface area contributed by atoms with Crippen molar-refractivity contribution in [2.24, 2.45) is 0 Å². The van der Waals surface area contributed by atoms with E-state index in [0.29, 0.717) is 23.4 Å². The number of benzene rings is 2. The van der Waals surface area contributed by atoms with Crippen molar-refractivity contribution in [1.29, 1.82) is 0 Å². The van der Waals surface area contributed by atoms with E-state index in [9.17, 15) is 13.6 Å². The van der Waals surface area contributed by atoms with Crippen LogP contribution in [-0.2, 0) is 0 Å². The van der Waals surface area contributed by atoms with Gasteiger partial charge >= 0.3 is 0 Å². The lowest BCUT2D eigenvalue weighted by atomic mass is 10.1. The minimum Gasteiger partial charge on any atom is -0.368 e. The van der Waals surface area contributed by atoms with Crippen LogP contribution in [0.2, 0.25) is 5.02 Å². The number of halogens is 3. The number of imidazole rings is 1. The molecular weight excluding hydrogens is 466 g/mol. The third-order valence-corrected chi connectivity index (χ3v) is 5.68. The van der Waals surface area contributed by atoms with Gasteiger partial charge in [-0.25, -0.2) is 18.7 Å². The molecule has 0 fully saturated rings. The average molecular weight is 483 g/mol. The van der Waals surface area contributed by atoms with E-state index in [1.807, 2.05) is 6.92 Å². The molecule has 5 aromatic rings. The van der Waals surface area contributed by atoms with Gasteiger partial charge in [0.15, 0.2) is 11.5 Å². The number of nitrogen functional groups attached to an aromatic ring is 1. The molecule has 0 aliphatic heterocycles. The third kappa shape index (κ3) is 3.50. The fraction of sp³-hybridized carbons (Fsp3) is 0.136. The molecule has 0 aliphatic rings. The number of hydrogen-bond acceptors (Lipinski definition) is 7. The Morgan fingerprint density at radius 3 is 2.62 bits per heavy atom. The summed E-state index contributed by atoms with van der Waals surface area (Å²) in [4.78, 5) is 33.5. The van der Waals surface area contributed by atoms with Gasteiger partial charge in [0, 0.05) is 0 Å². The predicted molar refractivity (Wildman–Crippen MR) is 125 cm³/mol. The number of para-hydroxylation sites is 1. The Labute approximate surface area is 195 Å². The molecule has 2 aromatic carbocycles. The number of hydrogen-bond donors (Lipinski definition) is 3. The van der Waals surface area contributed by atoms with Crippen molar-refractivity contribution < 1.29 is 8.78 Å². The van der Waals surface area contributed by atoms with E-state index in [-0.39, 0.29) is 27.7 Å². The van der Waals surface area contributed by atoms with Crippen LogP contribution >= 0.6 is 11.6 Å². The maximum absolute atomic E-state index is 14.9. The highest BCUT2D eigenvalue weighted by Gasteiger charge is 2.26. The van der Waals surface area contributed by atoms with Crippen LogP contribution < -0.4 is 16.6 Å². The first-order chi connectivity index (χ1) is 16.4. The van der Waals surface area contributed by atoms with Gasteiger partial charge in [0.1, 0.15) is 28.7 Å². The molecule has 9 nitrogen and oxygen atoms in total. The summed E-state index contributed by atoms with van der Waals surface area (Å²) >= 11 is 6.27. The second-order valence-electron chi connectivity index (χ2n) is 7.45. The molecule has 172 valence electrons. The third-order valence-electron chi connectivity index (χ3n) is 5.37. The quantitative estimate of drug-likeness (QED) is 0.343. The second kappa shape index (κ2) is 8.34. The molecular formula is C22H17ClF2N8O. The van der Waals surface area contributed by atoms with Gasteiger partial charge in [0.05, 0.1) is 28.3 Å². The van der Waals surface area contributed by atoms with Gasteiger partial charge in [0.2, 0.25) is 5.95 Å². The maximum Gasteiger partial charge on any atom is 0.267 e. The van der Waals surface area contributed by atoms with E-state index < -0.39 is 28.9 Å². The number of nitrogens with two attached hydrogens (primary N) is 1. The molecule has 34 heavy (non-hydrogen) atoms. The van der Waals surface area contributed by atoms with E-state index >= 15 is 0 Å². The number of nitrogens with zero attached hydrogens (tertiary/aromatic N) is 5. The smallest absolute Gasteiger partial charge is 0.267 e. The summed E-state index contributed by atoms with van der Waals surface area (Å²) in [6.07, 6.45) is 1.81. The Morgan fingerprint density at radius 2 is 1.88 bits per heavy atom. The molecule has 0 unspecified atom stereocenters. The molecule has 0 spiro atoms. The summed E-state index contributed by atoms with van der Waals surface area (Å²) in [5.41, 5.74) is 5.66. The number of aromatic nitrogens is 6. The molecule has 0 saturated heterocycles. The number of fused-ring (bicyclic) bond motifs is 2. The molecule has 0 amide bonds. The normalized spacial score (nSPS) is 12.4. The van der Waals surface area contributed by atoms with Gasteiger partial charge in [0.25, 0.3) is 5.56 Å². The molecule has 4 N–H and O–H groups in total. The van der Waals surface area contributed by atoms with E-state index in [1.54, 1.807) is 12.1 Å². The fourth-order valence-corrected chi connectivity index (χ4v) is 4.08. The molecule has 3 aromatic heterocycles. The molecule has 12 heteroatoms. The van der Waals surface area contributed by atoms with E-state index in [1.165, 1.54) is 18.5 Å². The fourth-order valence-electron chi connectivity index (χ4n) is 3.83. The summed E-state index contributed by atoms with van der Waals surface area (Å²) in [5, 5.41) is 3.34. The van der Waals surface area contributed by atoms with E-state index in [0.717, 1.165) is 16.7 Å². The zero-order valence-electron chi connectivity index (χ0n) is 17.7. The minimum atomic E-state index is -0.923. The van der Waals surface area contributed by atoms with Crippen LogP contribution in [0.1, 0.15) is 25.2 Å².